The van der Waals surface area contributed by atoms with Crippen LogP contribution in [0.2, 0.25) is 0 Å². The normalized spacial score (nSPS) is 43.4. The SMILES string of the molecule is C[C@@H]1CC(=O)C2=C(C3OC3[C@]3(O)[C@H]2C(=O)c2cccc(O)c2[C@@H]3O)[C@H]1O. The zero-order chi connectivity index (χ0) is 18.5. The number of hydrogen-bond donors (Lipinski definition) is 4. The molecule has 0 aromatic heterocycles. The average molecular weight is 358 g/mol. The van der Waals surface area contributed by atoms with Gasteiger partial charge in [-0.15, -0.1) is 0 Å². The number of fused-ring (bicyclic) bond motifs is 6. The van der Waals surface area contributed by atoms with Crippen LogP contribution < -0.4 is 0 Å². The van der Waals surface area contributed by atoms with Crippen molar-refractivity contribution in [2.24, 2.45) is 11.8 Å². The lowest BCUT2D eigenvalue weighted by Crippen LogP contribution is -2.60. The molecule has 0 radical (unpaired) electrons. The summed E-state index contributed by atoms with van der Waals surface area (Å²) in [6, 6.07) is 4.25. The molecule has 4 N–H and O–H groups in total. The van der Waals surface area contributed by atoms with Gasteiger partial charge in [-0.05, 0) is 17.6 Å². The van der Waals surface area contributed by atoms with Crippen molar-refractivity contribution in [2.75, 3.05) is 0 Å². The topological polar surface area (TPSA) is 128 Å². The highest BCUT2D eigenvalue weighted by Gasteiger charge is 2.72. The quantitative estimate of drug-likeness (QED) is 0.481. The summed E-state index contributed by atoms with van der Waals surface area (Å²) in [6.45, 7) is 1.75. The van der Waals surface area contributed by atoms with Crippen molar-refractivity contribution < 1.29 is 34.8 Å². The molecule has 3 aliphatic carbocycles. The lowest BCUT2D eigenvalue weighted by atomic mass is 9.58. The van der Waals surface area contributed by atoms with Crippen molar-refractivity contribution >= 4 is 11.6 Å². The molecule has 1 aromatic carbocycles. The van der Waals surface area contributed by atoms with E-state index in [2.05, 4.69) is 0 Å². The number of hydrogen-bond acceptors (Lipinski definition) is 7. The Kier molecular flexibility index (Phi) is 2.98. The van der Waals surface area contributed by atoms with Crippen molar-refractivity contribution in [3.63, 3.8) is 0 Å². The number of phenols is 1. The number of Topliss-reactive ketones (excluding diaryl/α,β-unsaturated/α-hetero) is 2. The van der Waals surface area contributed by atoms with E-state index in [-0.39, 0.29) is 40.6 Å². The van der Waals surface area contributed by atoms with Crippen LogP contribution in [-0.4, -0.2) is 55.9 Å². The largest absolute Gasteiger partial charge is 0.508 e. The summed E-state index contributed by atoms with van der Waals surface area (Å²) >= 11 is 0. The van der Waals surface area contributed by atoms with Crippen molar-refractivity contribution in [3.8, 4) is 5.75 Å². The molecule has 1 aliphatic heterocycles. The van der Waals surface area contributed by atoms with E-state index < -0.39 is 41.7 Å². The Morgan fingerprint density at radius 3 is 2.69 bits per heavy atom. The predicted octanol–water partition coefficient (Wildman–Crippen LogP) is 0.0166. The Labute approximate surface area is 148 Å². The molecule has 0 amide bonds. The Balaban J connectivity index is 1.79. The van der Waals surface area contributed by atoms with Crippen LogP contribution in [0.25, 0.3) is 0 Å². The van der Waals surface area contributed by atoms with Crippen LogP contribution in [0.15, 0.2) is 29.3 Å². The summed E-state index contributed by atoms with van der Waals surface area (Å²) in [7, 11) is 0. The fraction of sp³-hybridized carbons (Fsp3) is 0.474. The van der Waals surface area contributed by atoms with Gasteiger partial charge in [0, 0.05) is 23.1 Å². The van der Waals surface area contributed by atoms with E-state index in [1.807, 2.05) is 0 Å². The first-order valence-corrected chi connectivity index (χ1v) is 8.65. The summed E-state index contributed by atoms with van der Waals surface area (Å²) in [5.74, 6) is -2.80. The summed E-state index contributed by atoms with van der Waals surface area (Å²) in [4.78, 5) is 26.0. The molecule has 7 atom stereocenters. The number of aliphatic hydroxyl groups is 3. The fourth-order valence-electron chi connectivity index (χ4n) is 4.98. The molecular formula is C19H18O7. The fourth-order valence-corrected chi connectivity index (χ4v) is 4.98. The maximum atomic E-state index is 13.2. The maximum Gasteiger partial charge on any atom is 0.174 e. The number of ether oxygens (including phenoxy) is 1. The predicted molar refractivity (Wildman–Crippen MR) is 86.3 cm³/mol. The third-order valence-electron chi connectivity index (χ3n) is 6.30. The highest BCUT2D eigenvalue weighted by atomic mass is 16.6. The highest BCUT2D eigenvalue weighted by Crippen LogP contribution is 2.60. The lowest BCUT2D eigenvalue weighted by Gasteiger charge is -2.47. The first kappa shape index (κ1) is 16.1. The molecule has 1 saturated heterocycles. The molecule has 0 saturated carbocycles. The van der Waals surface area contributed by atoms with Gasteiger partial charge in [-0.2, -0.15) is 0 Å². The third kappa shape index (κ3) is 1.67. The molecule has 0 spiro atoms. The molecule has 1 heterocycles. The monoisotopic (exact) mass is 358 g/mol. The number of phenolic OH excluding ortho intramolecular Hbond substituents is 1. The van der Waals surface area contributed by atoms with Crippen LogP contribution in [0, 0.1) is 11.8 Å². The minimum absolute atomic E-state index is 0.0493. The van der Waals surface area contributed by atoms with Gasteiger partial charge in [0.1, 0.15) is 29.7 Å². The van der Waals surface area contributed by atoms with Crippen LogP contribution >= 0.6 is 0 Å². The minimum atomic E-state index is -2.05. The van der Waals surface area contributed by atoms with Gasteiger partial charge < -0.3 is 25.2 Å². The average Bonchev–Trinajstić information content (AvgIpc) is 3.38. The number of epoxide rings is 1. The molecule has 0 bridgehead atoms. The molecule has 136 valence electrons. The summed E-state index contributed by atoms with van der Waals surface area (Å²) in [5.41, 5.74) is -1.61. The van der Waals surface area contributed by atoms with E-state index in [1.54, 1.807) is 6.92 Å². The Morgan fingerprint density at radius 2 is 1.96 bits per heavy atom. The maximum absolute atomic E-state index is 13.2. The second-order valence-electron chi connectivity index (χ2n) is 7.72. The van der Waals surface area contributed by atoms with Gasteiger partial charge in [-0.3, -0.25) is 9.59 Å². The second-order valence-corrected chi connectivity index (χ2v) is 7.72. The number of carbonyl (C=O) groups is 2. The zero-order valence-corrected chi connectivity index (χ0v) is 13.9. The molecule has 5 rings (SSSR count). The van der Waals surface area contributed by atoms with E-state index in [9.17, 15) is 30.0 Å². The van der Waals surface area contributed by atoms with Gasteiger partial charge in [0.25, 0.3) is 0 Å². The van der Waals surface area contributed by atoms with Gasteiger partial charge in [0.2, 0.25) is 0 Å². The Bertz CT molecular complexity index is 903. The second kappa shape index (κ2) is 4.80. The number of aromatic hydroxyl groups is 1. The van der Waals surface area contributed by atoms with Crippen molar-refractivity contribution in [1.29, 1.82) is 0 Å². The molecule has 26 heavy (non-hydrogen) atoms. The van der Waals surface area contributed by atoms with Gasteiger partial charge in [-0.25, -0.2) is 0 Å². The molecule has 7 nitrogen and oxygen atoms in total. The van der Waals surface area contributed by atoms with Crippen LogP contribution in [-0.2, 0) is 9.53 Å². The smallest absolute Gasteiger partial charge is 0.174 e. The number of benzene rings is 1. The number of rotatable bonds is 0. The van der Waals surface area contributed by atoms with E-state index in [0.29, 0.717) is 5.57 Å². The van der Waals surface area contributed by atoms with E-state index in [0.717, 1.165) is 0 Å². The molecule has 4 aliphatic rings. The molecule has 1 aromatic rings. The molecule has 1 fully saturated rings. The summed E-state index contributed by atoms with van der Waals surface area (Å²) in [6.07, 6.45) is -4.08. The Hall–Kier alpha value is -2.06. The first-order valence-electron chi connectivity index (χ1n) is 8.65. The van der Waals surface area contributed by atoms with Crippen LogP contribution in [0.5, 0.6) is 5.75 Å². The van der Waals surface area contributed by atoms with Crippen molar-refractivity contribution in [2.45, 2.75) is 43.4 Å². The van der Waals surface area contributed by atoms with Crippen LogP contribution in [0.1, 0.15) is 35.4 Å². The minimum Gasteiger partial charge on any atom is -0.508 e. The van der Waals surface area contributed by atoms with Crippen molar-refractivity contribution in [3.05, 3.63) is 40.5 Å². The van der Waals surface area contributed by atoms with Crippen LogP contribution in [0.3, 0.4) is 0 Å². The van der Waals surface area contributed by atoms with E-state index >= 15 is 0 Å². The summed E-state index contributed by atoms with van der Waals surface area (Å²) in [5, 5.41) is 42.9. The summed E-state index contributed by atoms with van der Waals surface area (Å²) < 4.78 is 5.55. The number of ketones is 2. The van der Waals surface area contributed by atoms with Gasteiger partial charge in [0.05, 0.1) is 12.0 Å². The van der Waals surface area contributed by atoms with E-state index in [1.165, 1.54) is 18.2 Å². The van der Waals surface area contributed by atoms with Crippen molar-refractivity contribution in [1.82, 2.24) is 0 Å². The van der Waals surface area contributed by atoms with Gasteiger partial charge in [-0.1, -0.05) is 19.1 Å². The molecular weight excluding hydrogens is 340 g/mol. The van der Waals surface area contributed by atoms with Crippen LogP contribution in [0.4, 0.5) is 0 Å². The third-order valence-corrected chi connectivity index (χ3v) is 6.30. The number of aliphatic hydroxyl groups excluding tert-OH is 2. The standard InChI is InChI=1S/C19H18O7/c1-6-5-9(21)11-12(14(6)22)16-18(26-16)19(25)13(11)15(23)7-3-2-4-8(20)10(7)17(19)24/h2-4,6,13-14,16-18,20,22,24-25H,5H2,1H3/t6-,13-,14+,16?,17+,18?,19+/m1/s1. The zero-order valence-electron chi connectivity index (χ0n) is 13.9. The number of carbonyl (C=O) groups excluding carboxylic acids is 2. The first-order chi connectivity index (χ1) is 12.3. The molecule has 2 unspecified atom stereocenters. The highest BCUT2D eigenvalue weighted by molar-refractivity contribution is 6.12. The Morgan fingerprint density at radius 1 is 1.23 bits per heavy atom. The van der Waals surface area contributed by atoms with E-state index in [4.69, 9.17) is 4.74 Å². The van der Waals surface area contributed by atoms with Gasteiger partial charge >= 0.3 is 0 Å². The lowest BCUT2D eigenvalue weighted by molar-refractivity contribution is -0.131. The molecule has 7 heteroatoms. The van der Waals surface area contributed by atoms with Gasteiger partial charge in [0.15, 0.2) is 11.6 Å².